The van der Waals surface area contributed by atoms with Crippen LogP contribution < -0.4 is 5.73 Å². The number of nitrogens with two attached hydrogens (primary N) is 1. The molecule has 0 radical (unpaired) electrons. The first kappa shape index (κ1) is 13.0. The molecule has 0 fully saturated rings. The lowest BCUT2D eigenvalue weighted by molar-refractivity contribution is 1.26. The summed E-state index contributed by atoms with van der Waals surface area (Å²) in [5.41, 5.74) is 9.67. The van der Waals surface area contributed by atoms with Crippen LogP contribution >= 0.6 is 11.8 Å². The van der Waals surface area contributed by atoms with Crippen LogP contribution in [0.2, 0.25) is 0 Å². The van der Waals surface area contributed by atoms with Gasteiger partial charge >= 0.3 is 0 Å². The average Bonchev–Trinajstić information content (AvgIpc) is 2.46. The predicted molar refractivity (Wildman–Crippen MR) is 86.2 cm³/mol. The fraction of sp³-hybridized carbons (Fsp3) is 0.118. The van der Waals surface area contributed by atoms with E-state index in [-0.39, 0.29) is 0 Å². The molecule has 100 valence electrons. The van der Waals surface area contributed by atoms with E-state index in [9.17, 15) is 0 Å². The van der Waals surface area contributed by atoms with Crippen LogP contribution in [0.25, 0.3) is 10.8 Å². The van der Waals surface area contributed by atoms with Crippen LogP contribution in [0.4, 0.5) is 5.69 Å². The smallest absolute Gasteiger partial charge is 0.0536 e. The number of hydrogen-bond acceptors (Lipinski definition) is 3. The third-order valence-corrected chi connectivity index (χ3v) is 4.62. The normalized spacial score (nSPS) is 10.9. The second-order valence-corrected chi connectivity index (χ2v) is 6.03. The fourth-order valence-corrected chi connectivity index (χ4v) is 3.26. The van der Waals surface area contributed by atoms with Crippen molar-refractivity contribution in [3.8, 4) is 0 Å². The fourth-order valence-electron chi connectivity index (χ4n) is 2.20. The summed E-state index contributed by atoms with van der Waals surface area (Å²) in [6.45, 7) is 4.24. The van der Waals surface area contributed by atoms with Crippen LogP contribution in [0.1, 0.15) is 11.1 Å². The molecule has 1 heterocycles. The molecule has 1 aromatic heterocycles. The largest absolute Gasteiger partial charge is 0.397 e. The highest BCUT2D eigenvalue weighted by Crippen LogP contribution is 2.37. The Morgan fingerprint density at radius 3 is 2.70 bits per heavy atom. The van der Waals surface area contributed by atoms with Crippen LogP contribution in [0.5, 0.6) is 0 Å². The number of benzene rings is 2. The maximum Gasteiger partial charge on any atom is 0.0536 e. The number of anilines is 1. The standard InChI is InChI=1S/C17H16N2S/c1-11-3-4-12(2)16(9-11)20-15-6-5-13-10-19-8-7-14(13)17(15)18/h3-10H,18H2,1-2H3. The first-order valence-corrected chi connectivity index (χ1v) is 7.34. The minimum atomic E-state index is 0.829. The Labute approximate surface area is 123 Å². The molecule has 0 aliphatic rings. The van der Waals surface area contributed by atoms with E-state index in [0.717, 1.165) is 21.4 Å². The van der Waals surface area contributed by atoms with Gasteiger partial charge in [0.1, 0.15) is 0 Å². The van der Waals surface area contributed by atoms with Crippen LogP contribution in [-0.2, 0) is 0 Å². The molecule has 0 aliphatic carbocycles. The van der Waals surface area contributed by atoms with Gasteiger partial charge in [-0.3, -0.25) is 4.98 Å². The zero-order chi connectivity index (χ0) is 14.1. The van der Waals surface area contributed by atoms with Crippen molar-refractivity contribution < 1.29 is 0 Å². The summed E-state index contributed by atoms with van der Waals surface area (Å²) in [5.74, 6) is 0. The van der Waals surface area contributed by atoms with Crippen molar-refractivity contribution in [2.45, 2.75) is 23.6 Å². The topological polar surface area (TPSA) is 38.9 Å². The van der Waals surface area contributed by atoms with Gasteiger partial charge in [0.2, 0.25) is 0 Å². The van der Waals surface area contributed by atoms with Crippen molar-refractivity contribution in [1.29, 1.82) is 0 Å². The van der Waals surface area contributed by atoms with Crippen LogP contribution in [-0.4, -0.2) is 4.98 Å². The van der Waals surface area contributed by atoms with Gasteiger partial charge in [-0.1, -0.05) is 30.0 Å². The summed E-state index contributed by atoms with van der Waals surface area (Å²) >= 11 is 1.72. The third kappa shape index (κ3) is 2.37. The van der Waals surface area contributed by atoms with Gasteiger partial charge in [0, 0.05) is 33.0 Å². The van der Waals surface area contributed by atoms with Crippen LogP contribution in [0, 0.1) is 13.8 Å². The maximum absolute atomic E-state index is 6.31. The molecule has 20 heavy (non-hydrogen) atoms. The molecule has 0 atom stereocenters. The quantitative estimate of drug-likeness (QED) is 0.698. The van der Waals surface area contributed by atoms with Gasteiger partial charge in [0.15, 0.2) is 0 Å². The zero-order valence-electron chi connectivity index (χ0n) is 11.6. The van der Waals surface area contributed by atoms with E-state index in [1.165, 1.54) is 16.0 Å². The molecule has 0 amide bonds. The second kappa shape index (κ2) is 5.17. The molecule has 2 aromatic carbocycles. The van der Waals surface area contributed by atoms with Crippen molar-refractivity contribution >= 4 is 28.2 Å². The molecule has 0 spiro atoms. The van der Waals surface area contributed by atoms with E-state index in [0.29, 0.717) is 0 Å². The van der Waals surface area contributed by atoms with Gasteiger partial charge < -0.3 is 5.73 Å². The van der Waals surface area contributed by atoms with Gasteiger partial charge in [-0.2, -0.15) is 0 Å². The van der Waals surface area contributed by atoms with E-state index >= 15 is 0 Å². The summed E-state index contributed by atoms with van der Waals surface area (Å²) in [6.07, 6.45) is 3.63. The number of pyridine rings is 1. The van der Waals surface area contributed by atoms with Gasteiger partial charge in [0.05, 0.1) is 5.69 Å². The highest BCUT2D eigenvalue weighted by atomic mass is 32.2. The zero-order valence-corrected chi connectivity index (χ0v) is 12.4. The average molecular weight is 280 g/mol. The highest BCUT2D eigenvalue weighted by Gasteiger charge is 2.08. The maximum atomic E-state index is 6.31. The molecular weight excluding hydrogens is 264 g/mol. The molecule has 0 unspecified atom stereocenters. The first-order valence-electron chi connectivity index (χ1n) is 6.52. The second-order valence-electron chi connectivity index (χ2n) is 4.95. The minimum Gasteiger partial charge on any atom is -0.397 e. The Morgan fingerprint density at radius 2 is 1.85 bits per heavy atom. The number of nitrogens with zero attached hydrogens (tertiary/aromatic N) is 1. The van der Waals surface area contributed by atoms with Crippen molar-refractivity contribution in [1.82, 2.24) is 4.98 Å². The molecule has 3 heteroatoms. The van der Waals surface area contributed by atoms with E-state index in [2.05, 4.69) is 49.2 Å². The van der Waals surface area contributed by atoms with Crippen LogP contribution in [0.15, 0.2) is 58.6 Å². The number of nitrogen functional groups attached to an aromatic ring is 1. The van der Waals surface area contributed by atoms with E-state index in [1.54, 1.807) is 18.0 Å². The monoisotopic (exact) mass is 280 g/mol. The van der Waals surface area contributed by atoms with E-state index < -0.39 is 0 Å². The Balaban J connectivity index is 2.07. The molecule has 0 bridgehead atoms. The molecule has 0 saturated carbocycles. The Hall–Kier alpha value is -2.00. The lowest BCUT2D eigenvalue weighted by Gasteiger charge is -2.11. The first-order chi connectivity index (χ1) is 9.65. The number of rotatable bonds is 2. The minimum absolute atomic E-state index is 0.829. The summed E-state index contributed by atoms with van der Waals surface area (Å²) in [5, 5.41) is 2.14. The summed E-state index contributed by atoms with van der Waals surface area (Å²) < 4.78 is 0. The SMILES string of the molecule is Cc1ccc(C)c(Sc2ccc3cnccc3c2N)c1. The summed E-state index contributed by atoms with van der Waals surface area (Å²) in [7, 11) is 0. The lowest BCUT2D eigenvalue weighted by Crippen LogP contribution is -1.91. The van der Waals surface area contributed by atoms with Gasteiger partial charge in [0.25, 0.3) is 0 Å². The lowest BCUT2D eigenvalue weighted by atomic mass is 10.1. The van der Waals surface area contributed by atoms with Gasteiger partial charge in [-0.05, 0) is 43.2 Å². The molecule has 2 nitrogen and oxygen atoms in total. The van der Waals surface area contributed by atoms with Crippen molar-refractivity contribution in [3.05, 3.63) is 59.9 Å². The summed E-state index contributed by atoms with van der Waals surface area (Å²) in [4.78, 5) is 6.48. The molecule has 3 rings (SSSR count). The Kier molecular flexibility index (Phi) is 3.36. The summed E-state index contributed by atoms with van der Waals surface area (Å²) in [6, 6.07) is 12.6. The molecular formula is C17H16N2S. The van der Waals surface area contributed by atoms with Gasteiger partial charge in [-0.15, -0.1) is 0 Å². The molecule has 0 saturated heterocycles. The van der Waals surface area contributed by atoms with Crippen molar-refractivity contribution in [3.63, 3.8) is 0 Å². The molecule has 0 aliphatic heterocycles. The van der Waals surface area contributed by atoms with E-state index in [1.807, 2.05) is 12.3 Å². The van der Waals surface area contributed by atoms with Crippen LogP contribution in [0.3, 0.4) is 0 Å². The number of aryl methyl sites for hydroxylation is 2. The molecule has 2 N–H and O–H groups in total. The van der Waals surface area contributed by atoms with Crippen molar-refractivity contribution in [2.75, 3.05) is 5.73 Å². The van der Waals surface area contributed by atoms with Gasteiger partial charge in [-0.25, -0.2) is 0 Å². The van der Waals surface area contributed by atoms with Crippen molar-refractivity contribution in [2.24, 2.45) is 0 Å². The number of aromatic nitrogens is 1. The highest BCUT2D eigenvalue weighted by molar-refractivity contribution is 7.99. The molecule has 3 aromatic rings. The Bertz CT molecular complexity index is 781. The van der Waals surface area contributed by atoms with E-state index in [4.69, 9.17) is 5.73 Å². The number of hydrogen-bond donors (Lipinski definition) is 1. The third-order valence-electron chi connectivity index (χ3n) is 3.39. The number of fused-ring (bicyclic) bond motifs is 1. The Morgan fingerprint density at radius 1 is 1.00 bits per heavy atom. The predicted octanol–water partition coefficient (Wildman–Crippen LogP) is 4.59.